The predicted octanol–water partition coefficient (Wildman–Crippen LogP) is 5.18. The molecule has 0 aromatic heterocycles. The monoisotopic (exact) mass is 366 g/mol. The fourth-order valence-electron chi connectivity index (χ4n) is 2.71. The van der Waals surface area contributed by atoms with E-state index < -0.39 is 4.92 Å². The lowest BCUT2D eigenvalue weighted by Crippen LogP contribution is -2.15. The number of amides is 1. The Bertz CT molecular complexity index is 953. The zero-order valence-electron chi connectivity index (χ0n) is 14.2. The highest BCUT2D eigenvalue weighted by atomic mass is 32.2. The first kappa shape index (κ1) is 17.9. The summed E-state index contributed by atoms with van der Waals surface area (Å²) in [7, 11) is 0. The molecule has 0 aliphatic rings. The van der Waals surface area contributed by atoms with Gasteiger partial charge in [0.05, 0.1) is 10.7 Å². The Morgan fingerprint density at radius 2 is 1.85 bits per heavy atom. The van der Waals surface area contributed by atoms with Gasteiger partial charge in [0.15, 0.2) is 0 Å². The summed E-state index contributed by atoms with van der Waals surface area (Å²) >= 11 is 1.45. The highest BCUT2D eigenvalue weighted by Crippen LogP contribution is 2.30. The van der Waals surface area contributed by atoms with Crippen LogP contribution in [0.2, 0.25) is 0 Å². The fraction of sp³-hybridized carbons (Fsp3) is 0.150. The van der Waals surface area contributed by atoms with Crippen LogP contribution >= 0.6 is 11.8 Å². The van der Waals surface area contributed by atoms with Gasteiger partial charge in [-0.1, -0.05) is 48.5 Å². The SMILES string of the molecule is C[C@@H](SCC(=O)Nc1cccc2ccccc12)c1cccc([N+](=O)[O-])c1. The second-order valence-corrected chi connectivity index (χ2v) is 7.21. The van der Waals surface area contributed by atoms with Crippen molar-refractivity contribution in [2.45, 2.75) is 12.2 Å². The number of anilines is 1. The number of carbonyl (C=O) groups is 1. The number of hydrogen-bond donors (Lipinski definition) is 1. The molecule has 0 saturated heterocycles. The van der Waals surface area contributed by atoms with E-state index in [4.69, 9.17) is 0 Å². The molecule has 1 amide bonds. The van der Waals surface area contributed by atoms with E-state index in [0.717, 1.165) is 22.0 Å². The molecule has 26 heavy (non-hydrogen) atoms. The van der Waals surface area contributed by atoms with Gasteiger partial charge in [0, 0.05) is 28.5 Å². The minimum atomic E-state index is -0.409. The van der Waals surface area contributed by atoms with Crippen LogP contribution in [0, 0.1) is 10.1 Å². The van der Waals surface area contributed by atoms with Crippen molar-refractivity contribution in [3.05, 3.63) is 82.4 Å². The van der Waals surface area contributed by atoms with Crippen LogP contribution in [0.5, 0.6) is 0 Å². The van der Waals surface area contributed by atoms with Crippen LogP contribution in [0.25, 0.3) is 10.8 Å². The van der Waals surface area contributed by atoms with Crippen molar-refractivity contribution in [3.8, 4) is 0 Å². The number of thioether (sulfide) groups is 1. The summed E-state index contributed by atoms with van der Waals surface area (Å²) < 4.78 is 0. The van der Waals surface area contributed by atoms with Crippen LogP contribution in [0.4, 0.5) is 11.4 Å². The van der Waals surface area contributed by atoms with Gasteiger partial charge < -0.3 is 5.32 Å². The molecule has 5 nitrogen and oxygen atoms in total. The molecule has 0 saturated carbocycles. The number of benzene rings is 3. The van der Waals surface area contributed by atoms with Gasteiger partial charge in [-0.2, -0.15) is 0 Å². The van der Waals surface area contributed by atoms with Crippen LogP contribution in [-0.2, 0) is 4.79 Å². The fourth-order valence-corrected chi connectivity index (χ4v) is 3.52. The van der Waals surface area contributed by atoms with Crippen molar-refractivity contribution in [1.82, 2.24) is 0 Å². The second kappa shape index (κ2) is 8.01. The van der Waals surface area contributed by atoms with Crippen molar-refractivity contribution in [3.63, 3.8) is 0 Å². The number of non-ortho nitro benzene ring substituents is 1. The Balaban J connectivity index is 1.63. The Morgan fingerprint density at radius 1 is 1.12 bits per heavy atom. The molecule has 0 spiro atoms. The van der Waals surface area contributed by atoms with Gasteiger partial charge in [-0.05, 0) is 23.9 Å². The lowest BCUT2D eigenvalue weighted by Gasteiger charge is -2.12. The molecule has 3 aromatic carbocycles. The van der Waals surface area contributed by atoms with Gasteiger partial charge in [0.1, 0.15) is 0 Å². The lowest BCUT2D eigenvalue weighted by molar-refractivity contribution is -0.384. The van der Waals surface area contributed by atoms with Crippen molar-refractivity contribution in [1.29, 1.82) is 0 Å². The number of nitrogens with one attached hydrogen (secondary N) is 1. The Kier molecular flexibility index (Phi) is 5.53. The first-order valence-electron chi connectivity index (χ1n) is 8.18. The van der Waals surface area contributed by atoms with Crippen LogP contribution in [0.1, 0.15) is 17.7 Å². The lowest BCUT2D eigenvalue weighted by atomic mass is 10.1. The molecule has 0 heterocycles. The summed E-state index contributed by atoms with van der Waals surface area (Å²) in [6, 6.07) is 20.2. The van der Waals surface area contributed by atoms with Crippen LogP contribution in [0.3, 0.4) is 0 Å². The summed E-state index contributed by atoms with van der Waals surface area (Å²) in [5, 5.41) is 15.9. The summed E-state index contributed by atoms with van der Waals surface area (Å²) in [5.41, 5.74) is 1.69. The third kappa shape index (κ3) is 4.21. The zero-order chi connectivity index (χ0) is 18.5. The molecular weight excluding hydrogens is 348 g/mol. The molecule has 6 heteroatoms. The molecule has 0 unspecified atom stereocenters. The van der Waals surface area contributed by atoms with Crippen molar-refractivity contribution < 1.29 is 9.72 Å². The number of nitrogens with zero attached hydrogens (tertiary/aromatic N) is 1. The topological polar surface area (TPSA) is 72.2 Å². The number of carbonyl (C=O) groups excluding carboxylic acids is 1. The van der Waals surface area contributed by atoms with Crippen molar-refractivity contribution in [2.75, 3.05) is 11.1 Å². The van der Waals surface area contributed by atoms with E-state index in [2.05, 4.69) is 5.32 Å². The average molecular weight is 366 g/mol. The molecule has 0 fully saturated rings. The molecule has 1 atom stereocenters. The zero-order valence-corrected chi connectivity index (χ0v) is 15.0. The number of nitro groups is 1. The maximum Gasteiger partial charge on any atom is 0.269 e. The normalized spacial score (nSPS) is 11.9. The van der Waals surface area contributed by atoms with Gasteiger partial charge in [0.2, 0.25) is 5.91 Å². The second-order valence-electron chi connectivity index (χ2n) is 5.88. The molecule has 1 N–H and O–H groups in total. The predicted molar refractivity (Wildman–Crippen MR) is 107 cm³/mol. The highest BCUT2D eigenvalue weighted by Gasteiger charge is 2.13. The van der Waals surface area contributed by atoms with Crippen LogP contribution in [-0.4, -0.2) is 16.6 Å². The molecule has 132 valence electrons. The number of rotatable bonds is 6. The first-order valence-corrected chi connectivity index (χ1v) is 9.23. The van der Waals surface area contributed by atoms with Gasteiger partial charge in [-0.15, -0.1) is 11.8 Å². The first-order chi connectivity index (χ1) is 12.5. The van der Waals surface area contributed by atoms with Crippen LogP contribution < -0.4 is 5.32 Å². The number of fused-ring (bicyclic) bond motifs is 1. The largest absolute Gasteiger partial charge is 0.325 e. The Morgan fingerprint density at radius 3 is 2.65 bits per heavy atom. The summed E-state index contributed by atoms with van der Waals surface area (Å²) in [4.78, 5) is 22.8. The standard InChI is InChI=1S/C20H18N2O3S/c1-14(16-8-4-9-17(12-16)22(24)25)26-13-20(23)21-19-11-5-7-15-6-2-3-10-18(15)19/h2-12,14H,13H2,1H3,(H,21,23)/t14-/m1/s1. The maximum atomic E-state index is 12.3. The minimum Gasteiger partial charge on any atom is -0.325 e. The molecule has 0 aliphatic heterocycles. The van der Waals surface area contributed by atoms with Crippen molar-refractivity contribution >= 4 is 39.8 Å². The molecule has 3 rings (SSSR count). The van der Waals surface area contributed by atoms with E-state index in [9.17, 15) is 14.9 Å². The number of nitro benzene ring substituents is 1. The van der Waals surface area contributed by atoms with Crippen molar-refractivity contribution in [2.24, 2.45) is 0 Å². The van der Waals surface area contributed by atoms with E-state index in [1.165, 1.54) is 17.8 Å². The highest BCUT2D eigenvalue weighted by molar-refractivity contribution is 8.00. The van der Waals surface area contributed by atoms with E-state index in [0.29, 0.717) is 0 Å². The molecule has 3 aromatic rings. The van der Waals surface area contributed by atoms with E-state index in [1.807, 2.05) is 55.5 Å². The maximum absolute atomic E-state index is 12.3. The van der Waals surface area contributed by atoms with E-state index in [1.54, 1.807) is 12.1 Å². The Labute approximate surface area is 155 Å². The van der Waals surface area contributed by atoms with E-state index in [-0.39, 0.29) is 22.6 Å². The van der Waals surface area contributed by atoms with Gasteiger partial charge in [-0.3, -0.25) is 14.9 Å². The third-order valence-electron chi connectivity index (χ3n) is 4.08. The molecule has 0 aliphatic carbocycles. The molecule has 0 radical (unpaired) electrons. The third-order valence-corrected chi connectivity index (χ3v) is 5.28. The van der Waals surface area contributed by atoms with E-state index >= 15 is 0 Å². The summed E-state index contributed by atoms with van der Waals surface area (Å²) in [5.74, 6) is 0.177. The Hall–Kier alpha value is -2.86. The number of hydrogen-bond acceptors (Lipinski definition) is 4. The van der Waals surface area contributed by atoms with Gasteiger partial charge >= 0.3 is 0 Å². The summed E-state index contributed by atoms with van der Waals surface area (Å²) in [6.45, 7) is 1.94. The quantitative estimate of drug-likeness (QED) is 0.482. The molecule has 0 bridgehead atoms. The smallest absolute Gasteiger partial charge is 0.269 e. The average Bonchev–Trinajstić information content (AvgIpc) is 2.66. The molecular formula is C20H18N2O3S. The summed E-state index contributed by atoms with van der Waals surface area (Å²) in [6.07, 6.45) is 0. The minimum absolute atomic E-state index is 0.0202. The van der Waals surface area contributed by atoms with Gasteiger partial charge in [-0.25, -0.2) is 0 Å². The van der Waals surface area contributed by atoms with Gasteiger partial charge in [0.25, 0.3) is 5.69 Å². The van der Waals surface area contributed by atoms with Crippen LogP contribution in [0.15, 0.2) is 66.7 Å².